The molecule has 3 aromatic heterocycles. The largest absolute Gasteiger partial charge is 0.381 e. The van der Waals surface area contributed by atoms with Gasteiger partial charge in [0.15, 0.2) is 11.5 Å². The van der Waals surface area contributed by atoms with Crippen LogP contribution in [0.2, 0.25) is 0 Å². The summed E-state index contributed by atoms with van der Waals surface area (Å²) < 4.78 is 12.6. The van der Waals surface area contributed by atoms with Crippen molar-refractivity contribution in [3.05, 3.63) is 76.0 Å². The molecule has 0 spiro atoms. The van der Waals surface area contributed by atoms with Crippen LogP contribution in [0.25, 0.3) is 16.6 Å². The topological polar surface area (TPSA) is 127 Å². The van der Waals surface area contributed by atoms with Crippen LogP contribution in [0.4, 0.5) is 17.3 Å². The molecule has 1 aromatic carbocycles. The number of aromatic nitrogens is 4. The second-order valence-corrected chi connectivity index (χ2v) is 11.4. The molecule has 11 nitrogen and oxygen atoms in total. The number of Topliss-reactive ketones (excluding diaryl/α,β-unsaturated/α-hetero) is 1. The van der Waals surface area contributed by atoms with Crippen molar-refractivity contribution in [1.29, 1.82) is 0 Å². The lowest BCUT2D eigenvalue weighted by molar-refractivity contribution is 0.0543. The molecule has 3 aliphatic rings. The smallest absolute Gasteiger partial charge is 0.263 e. The zero-order valence-corrected chi connectivity index (χ0v) is 24.1. The van der Waals surface area contributed by atoms with Crippen molar-refractivity contribution in [2.75, 3.05) is 49.6 Å². The second-order valence-electron chi connectivity index (χ2n) is 11.4. The lowest BCUT2D eigenvalue weighted by Crippen LogP contribution is -2.43. The number of anilines is 3. The third-order valence-electron chi connectivity index (χ3n) is 8.60. The van der Waals surface area contributed by atoms with E-state index in [0.29, 0.717) is 48.8 Å². The van der Waals surface area contributed by atoms with Gasteiger partial charge in [-0.2, -0.15) is 4.98 Å². The molecule has 2 N–H and O–H groups in total. The Bertz CT molecular complexity index is 1710. The number of hydrogen-bond donors (Lipinski definition) is 2. The maximum absolute atomic E-state index is 14.0. The molecule has 0 atom stereocenters. The van der Waals surface area contributed by atoms with Crippen molar-refractivity contribution in [3.63, 3.8) is 0 Å². The number of carbonyl (C=O) groups excluding carboxylic acids is 1. The molecule has 7 rings (SSSR count). The predicted octanol–water partition coefficient (Wildman–Crippen LogP) is 4.16. The van der Waals surface area contributed by atoms with E-state index in [1.807, 2.05) is 12.1 Å². The Labute approximate surface area is 248 Å². The average molecular weight is 582 g/mol. The molecule has 11 heteroatoms. The van der Waals surface area contributed by atoms with Crippen molar-refractivity contribution >= 4 is 39.7 Å². The molecule has 0 unspecified atom stereocenters. The minimum atomic E-state index is -0.374. The fourth-order valence-corrected chi connectivity index (χ4v) is 6.21. The molecule has 0 radical (unpaired) electrons. The number of ketones is 1. The highest BCUT2D eigenvalue weighted by atomic mass is 16.5. The minimum Gasteiger partial charge on any atom is -0.381 e. The summed E-state index contributed by atoms with van der Waals surface area (Å²) in [6.07, 6.45) is 9.65. The van der Waals surface area contributed by atoms with E-state index in [1.165, 1.54) is 5.69 Å². The Morgan fingerprint density at radius 3 is 2.67 bits per heavy atom. The normalized spacial score (nSPS) is 17.8. The van der Waals surface area contributed by atoms with Crippen LogP contribution in [0.3, 0.4) is 0 Å². The number of benzene rings is 1. The summed E-state index contributed by atoms with van der Waals surface area (Å²) >= 11 is 0. The van der Waals surface area contributed by atoms with E-state index in [2.05, 4.69) is 43.9 Å². The Hall–Kier alpha value is -4.35. The van der Waals surface area contributed by atoms with Gasteiger partial charge in [0.1, 0.15) is 5.65 Å². The third kappa shape index (κ3) is 5.70. The van der Waals surface area contributed by atoms with Gasteiger partial charge in [0.05, 0.1) is 18.3 Å². The first-order valence-electron chi connectivity index (χ1n) is 15.1. The minimum absolute atomic E-state index is 0.153. The average Bonchev–Trinajstić information content (AvgIpc) is 3.76. The maximum Gasteiger partial charge on any atom is 0.263 e. The number of fused-ring (bicyclic) bond motifs is 1. The van der Waals surface area contributed by atoms with Crippen LogP contribution in [0.15, 0.2) is 58.1 Å². The summed E-state index contributed by atoms with van der Waals surface area (Å²) in [5, 5.41) is 11.3. The molecule has 43 heavy (non-hydrogen) atoms. The van der Waals surface area contributed by atoms with Gasteiger partial charge in [-0.25, -0.2) is 4.98 Å². The van der Waals surface area contributed by atoms with Crippen LogP contribution < -0.4 is 21.1 Å². The molecule has 0 bridgehead atoms. The van der Waals surface area contributed by atoms with Crippen molar-refractivity contribution in [2.24, 2.45) is 5.92 Å². The van der Waals surface area contributed by atoms with Crippen LogP contribution >= 0.6 is 0 Å². The highest BCUT2D eigenvalue weighted by molar-refractivity contribution is 6.00. The van der Waals surface area contributed by atoms with Gasteiger partial charge in [-0.05, 0) is 68.0 Å². The van der Waals surface area contributed by atoms with Gasteiger partial charge in [-0.15, -0.1) is 0 Å². The summed E-state index contributed by atoms with van der Waals surface area (Å²) in [4.78, 5) is 39.3. The molecule has 4 aromatic rings. The second kappa shape index (κ2) is 12.1. The van der Waals surface area contributed by atoms with Gasteiger partial charge in [-0.1, -0.05) is 11.2 Å². The molecule has 222 valence electrons. The number of ether oxygens (including phenoxy) is 1. The van der Waals surface area contributed by atoms with Gasteiger partial charge >= 0.3 is 0 Å². The fraction of sp³-hybridized carbons (Fsp3) is 0.406. The van der Waals surface area contributed by atoms with Crippen molar-refractivity contribution in [1.82, 2.24) is 25.0 Å². The third-order valence-corrected chi connectivity index (χ3v) is 8.60. The molecule has 0 saturated carbocycles. The molecule has 0 amide bonds. The molecule has 1 aliphatic carbocycles. The van der Waals surface area contributed by atoms with E-state index < -0.39 is 0 Å². The molecular weight excluding hydrogens is 546 g/mol. The lowest BCUT2D eigenvalue weighted by Gasteiger charge is -2.29. The number of piperazine rings is 1. The predicted molar refractivity (Wildman–Crippen MR) is 164 cm³/mol. The Morgan fingerprint density at radius 1 is 1.09 bits per heavy atom. The maximum atomic E-state index is 14.0. The van der Waals surface area contributed by atoms with E-state index >= 15 is 0 Å². The Morgan fingerprint density at radius 2 is 1.91 bits per heavy atom. The summed E-state index contributed by atoms with van der Waals surface area (Å²) in [5.74, 6) is 0.659. The molecule has 2 saturated heterocycles. The van der Waals surface area contributed by atoms with E-state index in [9.17, 15) is 9.59 Å². The van der Waals surface area contributed by atoms with Crippen LogP contribution in [0.5, 0.6) is 0 Å². The fourth-order valence-electron chi connectivity index (χ4n) is 6.21. The van der Waals surface area contributed by atoms with Gasteiger partial charge in [0, 0.05) is 73.8 Å². The zero-order valence-electron chi connectivity index (χ0n) is 24.1. The van der Waals surface area contributed by atoms with Crippen molar-refractivity contribution < 1.29 is 14.1 Å². The van der Waals surface area contributed by atoms with Crippen LogP contribution in [-0.4, -0.2) is 64.9 Å². The first-order valence-corrected chi connectivity index (χ1v) is 15.1. The van der Waals surface area contributed by atoms with Crippen molar-refractivity contribution in [3.8, 4) is 0 Å². The first-order chi connectivity index (χ1) is 21.1. The number of pyridine rings is 1. The van der Waals surface area contributed by atoms with E-state index in [1.54, 1.807) is 23.0 Å². The summed E-state index contributed by atoms with van der Waals surface area (Å²) in [7, 11) is 0. The van der Waals surface area contributed by atoms with Crippen LogP contribution in [-0.2, 0) is 11.3 Å². The van der Waals surface area contributed by atoms with Crippen molar-refractivity contribution in [2.45, 2.75) is 38.6 Å². The molecular formula is C32H35N7O4. The summed E-state index contributed by atoms with van der Waals surface area (Å²) in [5.41, 5.74) is 4.11. The van der Waals surface area contributed by atoms with Gasteiger partial charge in [0.25, 0.3) is 5.56 Å². The molecule has 5 heterocycles. The SMILES string of the molecule is O=C(c1cc2cnc(Nc3ccc(N4CCNCC4)cc3)nc2n(Cc2cnoc2C2=CCCC2)c1=O)C1CCOCC1. The van der Waals surface area contributed by atoms with E-state index in [4.69, 9.17) is 14.2 Å². The Kier molecular flexibility index (Phi) is 7.73. The zero-order chi connectivity index (χ0) is 29.2. The highest BCUT2D eigenvalue weighted by Crippen LogP contribution is 2.31. The molecule has 2 fully saturated rings. The monoisotopic (exact) mass is 581 g/mol. The summed E-state index contributed by atoms with van der Waals surface area (Å²) in [6.45, 7) is 5.12. The first kappa shape index (κ1) is 27.5. The Balaban J connectivity index is 1.24. The van der Waals surface area contributed by atoms with Gasteiger partial charge in [0.2, 0.25) is 5.95 Å². The lowest BCUT2D eigenvalue weighted by atomic mass is 9.91. The number of allylic oxidation sites excluding steroid dienone is 2. The summed E-state index contributed by atoms with van der Waals surface area (Å²) in [6, 6.07) is 9.83. The van der Waals surface area contributed by atoms with Gasteiger partial charge in [-0.3, -0.25) is 14.2 Å². The highest BCUT2D eigenvalue weighted by Gasteiger charge is 2.27. The standard InChI is InChI=1S/C32H35N7O4/c40-28(21-9-15-42-16-10-21)27-17-23-18-34-32(36-25-5-7-26(8-6-25)38-13-11-33-12-14-38)37-30(23)39(31(27)41)20-24-19-35-43-29(24)22-3-1-2-4-22/h3,5-8,17-19,21,33H,1-2,4,9-16,20H2,(H,34,36,37). The number of nitrogens with one attached hydrogen (secondary N) is 2. The van der Waals surface area contributed by atoms with E-state index in [0.717, 1.165) is 62.3 Å². The number of carbonyl (C=O) groups is 1. The number of nitrogens with zero attached hydrogens (tertiary/aromatic N) is 5. The number of rotatable bonds is 8. The van der Waals surface area contributed by atoms with Crippen LogP contribution in [0.1, 0.15) is 53.8 Å². The number of hydrogen-bond acceptors (Lipinski definition) is 10. The quantitative estimate of drug-likeness (QED) is 0.293. The van der Waals surface area contributed by atoms with E-state index in [-0.39, 0.29) is 29.4 Å². The van der Waals surface area contributed by atoms with Crippen LogP contribution in [0, 0.1) is 5.92 Å². The van der Waals surface area contributed by atoms with Gasteiger partial charge < -0.3 is 24.8 Å². The molecule has 2 aliphatic heterocycles.